The van der Waals surface area contributed by atoms with Crippen LogP contribution in [-0.4, -0.2) is 29.8 Å². The Bertz CT molecular complexity index is 969. The third-order valence-corrected chi connectivity index (χ3v) is 4.64. The van der Waals surface area contributed by atoms with Gasteiger partial charge in [0.15, 0.2) is 18.1 Å². The Morgan fingerprint density at radius 1 is 1.39 bits per heavy atom. The summed E-state index contributed by atoms with van der Waals surface area (Å²) >= 11 is 7.68. The van der Waals surface area contributed by atoms with E-state index < -0.39 is 5.97 Å². The molecular weight excluding hydrogens is 404 g/mol. The summed E-state index contributed by atoms with van der Waals surface area (Å²) in [5, 5.41) is 6.16. The van der Waals surface area contributed by atoms with Crippen molar-refractivity contribution in [3.8, 4) is 22.2 Å². The summed E-state index contributed by atoms with van der Waals surface area (Å²) in [7, 11) is 1.51. The first-order valence-electron chi connectivity index (χ1n) is 8.32. The number of thiophene rings is 1. The van der Waals surface area contributed by atoms with E-state index in [0.29, 0.717) is 34.5 Å². The lowest BCUT2D eigenvalue weighted by Gasteiger charge is -2.11. The highest BCUT2D eigenvalue weighted by Crippen LogP contribution is 2.36. The number of halogens is 1. The van der Waals surface area contributed by atoms with Crippen LogP contribution in [0, 0.1) is 0 Å². The predicted octanol–water partition coefficient (Wildman–Crippen LogP) is 4.62. The molecule has 0 aliphatic carbocycles. The number of aromatic nitrogens is 2. The van der Waals surface area contributed by atoms with Crippen molar-refractivity contribution in [1.29, 1.82) is 0 Å². The number of nitrogens with zero attached hydrogens (tertiary/aromatic N) is 2. The van der Waals surface area contributed by atoms with Crippen LogP contribution in [0.5, 0.6) is 11.5 Å². The van der Waals surface area contributed by atoms with Crippen molar-refractivity contribution in [2.24, 2.45) is 0 Å². The fraction of sp³-hybridized carbons (Fsp3) is 0.211. The summed E-state index contributed by atoms with van der Waals surface area (Å²) in [6.45, 7) is 2.20. The van der Waals surface area contributed by atoms with E-state index in [0.717, 1.165) is 4.88 Å². The van der Waals surface area contributed by atoms with Crippen LogP contribution in [0.1, 0.15) is 18.4 Å². The van der Waals surface area contributed by atoms with Gasteiger partial charge in [0.2, 0.25) is 5.82 Å². The Hall–Kier alpha value is -2.84. The molecule has 0 saturated heterocycles. The molecule has 0 aliphatic rings. The normalized spacial score (nSPS) is 11.0. The van der Waals surface area contributed by atoms with E-state index in [2.05, 4.69) is 10.1 Å². The van der Waals surface area contributed by atoms with Gasteiger partial charge in [-0.3, -0.25) is 0 Å². The minimum atomic E-state index is -0.555. The first-order chi connectivity index (χ1) is 13.6. The van der Waals surface area contributed by atoms with Gasteiger partial charge in [-0.05, 0) is 42.1 Å². The minimum Gasteiger partial charge on any atom is -0.491 e. The van der Waals surface area contributed by atoms with Gasteiger partial charge in [-0.2, -0.15) is 4.98 Å². The second-order valence-corrected chi connectivity index (χ2v) is 6.75. The second kappa shape index (κ2) is 9.38. The molecule has 0 N–H and O–H groups in total. The maximum Gasteiger partial charge on any atom is 0.331 e. The van der Waals surface area contributed by atoms with E-state index in [-0.39, 0.29) is 12.5 Å². The van der Waals surface area contributed by atoms with Crippen LogP contribution in [-0.2, 0) is 16.1 Å². The van der Waals surface area contributed by atoms with E-state index in [4.69, 9.17) is 30.3 Å². The molecule has 0 aliphatic heterocycles. The third-order valence-electron chi connectivity index (χ3n) is 3.50. The van der Waals surface area contributed by atoms with Crippen LogP contribution in [0.2, 0.25) is 5.02 Å². The van der Waals surface area contributed by atoms with Crippen LogP contribution < -0.4 is 9.47 Å². The molecule has 7 nitrogen and oxygen atoms in total. The topological polar surface area (TPSA) is 83.7 Å². The lowest BCUT2D eigenvalue weighted by atomic mass is 10.2. The number of esters is 1. The molecule has 0 saturated carbocycles. The first kappa shape index (κ1) is 19.9. The maximum absolute atomic E-state index is 12.0. The van der Waals surface area contributed by atoms with E-state index in [9.17, 15) is 4.79 Å². The number of methoxy groups -OCH3 is 1. The van der Waals surface area contributed by atoms with Gasteiger partial charge in [0, 0.05) is 6.08 Å². The number of carbonyl (C=O) groups excluding carboxylic acids is 1. The lowest BCUT2D eigenvalue weighted by molar-refractivity contribution is -0.139. The summed E-state index contributed by atoms with van der Waals surface area (Å²) < 4.78 is 20.9. The third kappa shape index (κ3) is 4.90. The molecule has 0 radical (unpaired) electrons. The monoisotopic (exact) mass is 420 g/mol. The number of ether oxygens (including phenoxy) is 3. The summed E-state index contributed by atoms with van der Waals surface area (Å²) in [5.74, 6) is 1.07. The van der Waals surface area contributed by atoms with Crippen molar-refractivity contribution >= 4 is 35.0 Å². The number of benzene rings is 1. The van der Waals surface area contributed by atoms with Crippen LogP contribution in [0.4, 0.5) is 0 Å². The number of rotatable bonds is 8. The molecule has 28 heavy (non-hydrogen) atoms. The zero-order chi connectivity index (χ0) is 19.9. The van der Waals surface area contributed by atoms with Crippen molar-refractivity contribution in [3.63, 3.8) is 0 Å². The van der Waals surface area contributed by atoms with Crippen LogP contribution in [0.3, 0.4) is 0 Å². The van der Waals surface area contributed by atoms with Crippen LogP contribution in [0.15, 0.2) is 40.2 Å². The molecule has 0 bridgehead atoms. The van der Waals surface area contributed by atoms with Gasteiger partial charge in [-0.15, -0.1) is 11.3 Å². The Balaban J connectivity index is 1.61. The van der Waals surface area contributed by atoms with Gasteiger partial charge in [0.05, 0.1) is 23.6 Å². The largest absolute Gasteiger partial charge is 0.491 e. The molecule has 1 aromatic carbocycles. The highest BCUT2D eigenvalue weighted by atomic mass is 35.5. The fourth-order valence-corrected chi connectivity index (χ4v) is 3.26. The quantitative estimate of drug-likeness (QED) is 0.388. The van der Waals surface area contributed by atoms with E-state index in [1.54, 1.807) is 18.2 Å². The summed E-state index contributed by atoms with van der Waals surface area (Å²) in [6.07, 6.45) is 2.85. The van der Waals surface area contributed by atoms with Gasteiger partial charge in [-0.1, -0.05) is 22.8 Å². The van der Waals surface area contributed by atoms with Gasteiger partial charge in [0.25, 0.3) is 5.89 Å². The number of hydrogen-bond acceptors (Lipinski definition) is 8. The molecule has 2 aromatic heterocycles. The average Bonchev–Trinajstić information content (AvgIpc) is 3.36. The van der Waals surface area contributed by atoms with Crippen molar-refractivity contribution in [1.82, 2.24) is 10.1 Å². The predicted molar refractivity (Wildman–Crippen MR) is 106 cm³/mol. The van der Waals surface area contributed by atoms with Crippen molar-refractivity contribution in [2.75, 3.05) is 13.7 Å². The van der Waals surface area contributed by atoms with Gasteiger partial charge >= 0.3 is 5.97 Å². The number of carbonyl (C=O) groups is 1. The highest BCUT2D eigenvalue weighted by Gasteiger charge is 2.12. The van der Waals surface area contributed by atoms with Crippen molar-refractivity contribution in [3.05, 3.63) is 52.2 Å². The molecular formula is C19H17ClN2O5S. The second-order valence-electron chi connectivity index (χ2n) is 5.40. The molecule has 146 valence electrons. The van der Waals surface area contributed by atoms with Gasteiger partial charge < -0.3 is 18.7 Å². The smallest absolute Gasteiger partial charge is 0.331 e. The molecule has 0 unspecified atom stereocenters. The molecule has 0 spiro atoms. The minimum absolute atomic E-state index is 0.116. The maximum atomic E-state index is 12.0. The zero-order valence-electron chi connectivity index (χ0n) is 15.2. The fourth-order valence-electron chi connectivity index (χ4n) is 2.31. The lowest BCUT2D eigenvalue weighted by Crippen LogP contribution is -2.01. The average molecular weight is 421 g/mol. The highest BCUT2D eigenvalue weighted by molar-refractivity contribution is 7.13. The number of hydrogen-bond donors (Lipinski definition) is 0. The zero-order valence-corrected chi connectivity index (χ0v) is 16.7. The van der Waals surface area contributed by atoms with Gasteiger partial charge in [-0.25, -0.2) is 4.79 Å². The SMILES string of the molecule is CCOc1cc(/C=C/C(=O)OCc2nc(-c3cccs3)no2)cc(Cl)c1OC. The molecule has 3 rings (SSSR count). The Kier molecular flexibility index (Phi) is 6.67. The summed E-state index contributed by atoms with van der Waals surface area (Å²) in [4.78, 5) is 17.0. The molecule has 0 amide bonds. The van der Waals surface area contributed by atoms with Crippen molar-refractivity contribution in [2.45, 2.75) is 13.5 Å². The van der Waals surface area contributed by atoms with E-state index in [1.165, 1.54) is 24.5 Å². The van der Waals surface area contributed by atoms with Crippen LogP contribution in [0.25, 0.3) is 16.8 Å². The summed E-state index contributed by atoms with van der Waals surface area (Å²) in [5.41, 5.74) is 0.670. The molecule has 9 heteroatoms. The van der Waals surface area contributed by atoms with Crippen LogP contribution >= 0.6 is 22.9 Å². The first-order valence-corrected chi connectivity index (χ1v) is 9.58. The van der Waals surface area contributed by atoms with E-state index >= 15 is 0 Å². The molecule has 2 heterocycles. The summed E-state index contributed by atoms with van der Waals surface area (Å²) in [6, 6.07) is 7.16. The molecule has 0 fully saturated rings. The molecule has 0 atom stereocenters. The Morgan fingerprint density at radius 3 is 2.96 bits per heavy atom. The standard InChI is InChI=1S/C19H17ClN2O5S/c1-3-25-14-10-12(9-13(20)18(14)24-2)6-7-17(23)26-11-16-21-19(22-27-16)15-5-4-8-28-15/h4-10H,3,11H2,1-2H3/b7-6+. The molecule has 3 aromatic rings. The van der Waals surface area contributed by atoms with Crippen molar-refractivity contribution < 1.29 is 23.5 Å². The Labute approximate surface area is 170 Å². The van der Waals surface area contributed by atoms with Gasteiger partial charge in [0.1, 0.15) is 0 Å². The van der Waals surface area contributed by atoms with E-state index in [1.807, 2.05) is 24.4 Å². The Morgan fingerprint density at radius 2 is 2.25 bits per heavy atom.